The Kier molecular flexibility index (Phi) is 8.13. The largest absolute Gasteiger partial charge is 0.384 e. The number of methoxy groups -OCH3 is 1. The van der Waals surface area contributed by atoms with Gasteiger partial charge in [-0.05, 0) is 17.7 Å². The standard InChI is InChI=1S/C17H16BrF2N3O2.ClH/c1-25-15(14-12(19)6-11(18)7-13(14)20)17(24)23-8-9-2-4-10(5-3-9)16(21)22;/h2-7,15H,8H2,1H3,(H3,21,22)(H,23,24);1H/t15-;/m0./s1. The smallest absolute Gasteiger partial charge is 0.254 e. The number of benzene rings is 2. The van der Waals surface area contributed by atoms with Gasteiger partial charge in [-0.25, -0.2) is 8.78 Å². The Morgan fingerprint density at radius 2 is 1.81 bits per heavy atom. The van der Waals surface area contributed by atoms with E-state index in [0.717, 1.165) is 17.7 Å². The number of hydrogen-bond donors (Lipinski definition) is 3. The van der Waals surface area contributed by atoms with Crippen molar-refractivity contribution in [3.05, 3.63) is 69.2 Å². The van der Waals surface area contributed by atoms with E-state index in [2.05, 4.69) is 21.2 Å². The van der Waals surface area contributed by atoms with Crippen molar-refractivity contribution in [1.29, 1.82) is 5.41 Å². The van der Waals surface area contributed by atoms with E-state index in [9.17, 15) is 13.6 Å². The highest BCUT2D eigenvalue weighted by Crippen LogP contribution is 2.27. The van der Waals surface area contributed by atoms with Gasteiger partial charge in [0.2, 0.25) is 0 Å². The van der Waals surface area contributed by atoms with Crippen molar-refractivity contribution in [2.45, 2.75) is 12.6 Å². The highest BCUT2D eigenvalue weighted by molar-refractivity contribution is 9.10. The predicted octanol–water partition coefficient (Wildman–Crippen LogP) is 3.44. The number of amidine groups is 1. The number of halogens is 4. The highest BCUT2D eigenvalue weighted by atomic mass is 79.9. The molecule has 0 radical (unpaired) electrons. The van der Waals surface area contributed by atoms with E-state index in [1.165, 1.54) is 7.11 Å². The summed E-state index contributed by atoms with van der Waals surface area (Å²) in [6.07, 6.45) is -1.41. The molecule has 0 unspecified atom stereocenters. The summed E-state index contributed by atoms with van der Waals surface area (Å²) in [5, 5.41) is 9.90. The maximum Gasteiger partial charge on any atom is 0.254 e. The molecule has 9 heteroatoms. The Hall–Kier alpha value is -2.03. The van der Waals surface area contributed by atoms with Crippen molar-refractivity contribution in [2.75, 3.05) is 7.11 Å². The number of carbonyl (C=O) groups is 1. The fourth-order valence-electron chi connectivity index (χ4n) is 2.24. The molecule has 5 nitrogen and oxygen atoms in total. The Labute approximate surface area is 164 Å². The molecule has 0 aromatic heterocycles. The SMILES string of the molecule is CO[C@H](C(=O)NCc1ccc(C(=N)N)cc1)c1c(F)cc(Br)cc1F.Cl. The molecule has 0 aliphatic heterocycles. The number of rotatable bonds is 6. The van der Waals surface area contributed by atoms with Crippen LogP contribution in [0.1, 0.15) is 22.8 Å². The lowest BCUT2D eigenvalue weighted by atomic mass is 10.1. The molecule has 0 spiro atoms. The molecule has 26 heavy (non-hydrogen) atoms. The second-order valence-corrected chi connectivity index (χ2v) is 6.14. The quantitative estimate of drug-likeness (QED) is 0.467. The summed E-state index contributed by atoms with van der Waals surface area (Å²) in [6.45, 7) is 0.136. The number of nitrogen functional groups attached to an aromatic ring is 1. The van der Waals surface area contributed by atoms with Gasteiger partial charge >= 0.3 is 0 Å². The van der Waals surface area contributed by atoms with E-state index >= 15 is 0 Å². The monoisotopic (exact) mass is 447 g/mol. The number of ether oxygens (including phenoxy) is 1. The summed E-state index contributed by atoms with van der Waals surface area (Å²) >= 11 is 2.99. The fourth-order valence-corrected chi connectivity index (χ4v) is 2.65. The summed E-state index contributed by atoms with van der Waals surface area (Å²) in [5.41, 5.74) is 6.22. The van der Waals surface area contributed by atoms with Gasteiger partial charge in [0.25, 0.3) is 5.91 Å². The first-order valence-electron chi connectivity index (χ1n) is 7.21. The van der Waals surface area contributed by atoms with E-state index in [-0.39, 0.29) is 29.3 Å². The average Bonchev–Trinajstić information content (AvgIpc) is 2.56. The zero-order chi connectivity index (χ0) is 18.6. The van der Waals surface area contributed by atoms with Crippen molar-refractivity contribution in [1.82, 2.24) is 5.32 Å². The van der Waals surface area contributed by atoms with Crippen LogP contribution in [0.15, 0.2) is 40.9 Å². The van der Waals surface area contributed by atoms with Crippen LogP contribution < -0.4 is 11.1 Å². The van der Waals surface area contributed by atoms with Gasteiger partial charge in [0, 0.05) is 23.7 Å². The Morgan fingerprint density at radius 3 is 2.27 bits per heavy atom. The third kappa shape index (κ3) is 5.23. The number of carbonyl (C=O) groups excluding carboxylic acids is 1. The van der Waals surface area contributed by atoms with Gasteiger partial charge in [-0.2, -0.15) is 0 Å². The molecule has 140 valence electrons. The molecule has 1 amide bonds. The normalized spacial score (nSPS) is 11.4. The summed E-state index contributed by atoms with van der Waals surface area (Å²) < 4.78 is 33.3. The van der Waals surface area contributed by atoms with Gasteiger partial charge in [0.05, 0.1) is 5.56 Å². The van der Waals surface area contributed by atoms with Crippen molar-refractivity contribution >= 4 is 40.1 Å². The van der Waals surface area contributed by atoms with Crippen LogP contribution in [0.2, 0.25) is 0 Å². The molecule has 0 saturated heterocycles. The minimum atomic E-state index is -1.41. The van der Waals surface area contributed by atoms with Crippen molar-refractivity contribution in [2.24, 2.45) is 5.73 Å². The Balaban J connectivity index is 0.00000338. The van der Waals surface area contributed by atoms with Gasteiger partial charge in [0.1, 0.15) is 17.5 Å². The van der Waals surface area contributed by atoms with Crippen LogP contribution in [-0.2, 0) is 16.1 Å². The van der Waals surface area contributed by atoms with Crippen LogP contribution in [0.4, 0.5) is 8.78 Å². The molecule has 2 aromatic rings. The third-order valence-electron chi connectivity index (χ3n) is 3.51. The second-order valence-electron chi connectivity index (χ2n) is 5.23. The van der Waals surface area contributed by atoms with Gasteiger partial charge in [-0.15, -0.1) is 12.4 Å². The molecule has 0 heterocycles. The Morgan fingerprint density at radius 1 is 1.27 bits per heavy atom. The van der Waals surface area contributed by atoms with E-state index in [4.69, 9.17) is 15.9 Å². The van der Waals surface area contributed by atoms with Gasteiger partial charge in [0.15, 0.2) is 6.10 Å². The fraction of sp³-hybridized carbons (Fsp3) is 0.176. The van der Waals surface area contributed by atoms with E-state index < -0.39 is 29.2 Å². The first kappa shape index (κ1) is 22.0. The maximum absolute atomic E-state index is 14.0. The lowest BCUT2D eigenvalue weighted by Crippen LogP contribution is -2.31. The number of nitrogens with one attached hydrogen (secondary N) is 2. The molecule has 0 saturated carbocycles. The predicted molar refractivity (Wildman–Crippen MR) is 100 cm³/mol. The topological polar surface area (TPSA) is 88.2 Å². The lowest BCUT2D eigenvalue weighted by Gasteiger charge is -2.17. The van der Waals surface area contributed by atoms with Crippen LogP contribution in [0, 0.1) is 17.0 Å². The van der Waals surface area contributed by atoms with Crippen LogP contribution in [-0.4, -0.2) is 18.9 Å². The van der Waals surface area contributed by atoms with Crippen LogP contribution >= 0.6 is 28.3 Å². The van der Waals surface area contributed by atoms with Gasteiger partial charge in [-0.1, -0.05) is 40.2 Å². The number of amides is 1. The Bertz CT molecular complexity index is 780. The highest BCUT2D eigenvalue weighted by Gasteiger charge is 2.27. The first-order chi connectivity index (χ1) is 11.8. The number of nitrogens with two attached hydrogens (primary N) is 1. The third-order valence-corrected chi connectivity index (χ3v) is 3.97. The molecule has 2 aromatic carbocycles. The lowest BCUT2D eigenvalue weighted by molar-refractivity contribution is -0.131. The van der Waals surface area contributed by atoms with E-state index in [0.29, 0.717) is 5.56 Å². The molecule has 1 atom stereocenters. The molecule has 0 bridgehead atoms. The molecule has 0 aliphatic carbocycles. The zero-order valence-corrected chi connectivity index (χ0v) is 16.1. The second kappa shape index (κ2) is 9.61. The van der Waals surface area contributed by atoms with Crippen LogP contribution in [0.3, 0.4) is 0 Å². The van der Waals surface area contributed by atoms with Crippen LogP contribution in [0.5, 0.6) is 0 Å². The molecule has 0 aliphatic rings. The maximum atomic E-state index is 14.0. The molecular weight excluding hydrogens is 432 g/mol. The van der Waals surface area contributed by atoms with E-state index in [1.54, 1.807) is 24.3 Å². The molecule has 0 fully saturated rings. The minimum absolute atomic E-state index is 0. The zero-order valence-electron chi connectivity index (χ0n) is 13.7. The molecule has 4 N–H and O–H groups in total. The summed E-state index contributed by atoms with van der Waals surface area (Å²) in [6, 6.07) is 8.81. The summed E-state index contributed by atoms with van der Waals surface area (Å²) in [5.74, 6) is -2.48. The average molecular weight is 449 g/mol. The van der Waals surface area contributed by atoms with E-state index in [1.807, 2.05) is 0 Å². The van der Waals surface area contributed by atoms with Gasteiger partial charge in [-0.3, -0.25) is 10.2 Å². The van der Waals surface area contributed by atoms with Crippen molar-refractivity contribution < 1.29 is 18.3 Å². The number of hydrogen-bond acceptors (Lipinski definition) is 3. The summed E-state index contributed by atoms with van der Waals surface area (Å²) in [7, 11) is 1.20. The molecular formula is C17H17BrClF2N3O2. The minimum Gasteiger partial charge on any atom is -0.384 e. The molecule has 2 rings (SSSR count). The van der Waals surface area contributed by atoms with Crippen molar-refractivity contribution in [3.63, 3.8) is 0 Å². The first-order valence-corrected chi connectivity index (χ1v) is 8.01. The van der Waals surface area contributed by atoms with Crippen molar-refractivity contribution in [3.8, 4) is 0 Å². The van der Waals surface area contributed by atoms with Gasteiger partial charge < -0.3 is 15.8 Å². The summed E-state index contributed by atoms with van der Waals surface area (Å²) in [4.78, 5) is 12.3. The van der Waals surface area contributed by atoms with Crippen LogP contribution in [0.25, 0.3) is 0 Å².